The van der Waals surface area contributed by atoms with Crippen LogP contribution in [0.3, 0.4) is 0 Å². The molecule has 3 heteroatoms. The van der Waals surface area contributed by atoms with E-state index in [0.29, 0.717) is 4.83 Å². The van der Waals surface area contributed by atoms with E-state index in [1.54, 1.807) is 0 Å². The van der Waals surface area contributed by atoms with E-state index in [-0.39, 0.29) is 17.6 Å². The Morgan fingerprint density at radius 3 is 2.57 bits per heavy atom. The zero-order chi connectivity index (χ0) is 15.6. The van der Waals surface area contributed by atoms with Crippen LogP contribution in [0, 0.1) is 6.92 Å². The third-order valence-electron chi connectivity index (χ3n) is 3.92. The minimum absolute atomic E-state index is 0.0837. The van der Waals surface area contributed by atoms with Gasteiger partial charge >= 0.3 is 0 Å². The largest absolute Gasteiger partial charge is 0.487 e. The van der Waals surface area contributed by atoms with Crippen LogP contribution in [-0.4, -0.2) is 23.6 Å². The Kier molecular flexibility index (Phi) is 5.37. The van der Waals surface area contributed by atoms with E-state index >= 15 is 0 Å². The van der Waals surface area contributed by atoms with Gasteiger partial charge in [-0.05, 0) is 36.0 Å². The van der Waals surface area contributed by atoms with Crippen LogP contribution >= 0.6 is 15.9 Å². The molecule has 0 aromatic heterocycles. The normalized spacial score (nSPS) is 25.5. The maximum atomic E-state index is 6.31. The molecule has 21 heavy (non-hydrogen) atoms. The van der Waals surface area contributed by atoms with Gasteiger partial charge in [0.25, 0.3) is 0 Å². The van der Waals surface area contributed by atoms with E-state index in [1.165, 1.54) is 11.1 Å². The second kappa shape index (κ2) is 6.70. The molecule has 1 aliphatic carbocycles. The summed E-state index contributed by atoms with van der Waals surface area (Å²) in [4.78, 5) is 0.414. The summed E-state index contributed by atoms with van der Waals surface area (Å²) in [6.45, 7) is 11.7. The Hall–Kier alpha value is -0.540. The Labute approximate surface area is 137 Å². The molecule has 1 aromatic carbocycles. The van der Waals surface area contributed by atoms with Gasteiger partial charge in [0.05, 0.1) is 0 Å². The number of hydrogen-bond donors (Lipinski definition) is 0. The van der Waals surface area contributed by atoms with Crippen molar-refractivity contribution in [2.45, 2.75) is 69.9 Å². The standard InChI is InChI=1S/C18H27BrO2/c1-6-9-20-17-14(19)11-16(17)21-15-10-12(2)7-8-13(15)18(3,4)5/h7-8,10,14,16-17H,6,9,11H2,1-5H3. The first kappa shape index (κ1) is 16.8. The monoisotopic (exact) mass is 354 g/mol. The highest BCUT2D eigenvalue weighted by Gasteiger charge is 2.42. The van der Waals surface area contributed by atoms with Crippen molar-refractivity contribution in [2.75, 3.05) is 6.61 Å². The van der Waals surface area contributed by atoms with Crippen molar-refractivity contribution in [1.29, 1.82) is 0 Å². The predicted molar refractivity (Wildman–Crippen MR) is 91.7 cm³/mol. The van der Waals surface area contributed by atoms with Crippen LogP contribution in [-0.2, 0) is 10.2 Å². The van der Waals surface area contributed by atoms with E-state index in [1.807, 2.05) is 0 Å². The Bertz CT molecular complexity index is 479. The lowest BCUT2D eigenvalue weighted by Gasteiger charge is -2.41. The van der Waals surface area contributed by atoms with Crippen molar-refractivity contribution in [3.05, 3.63) is 29.3 Å². The summed E-state index contributed by atoms with van der Waals surface area (Å²) in [6.07, 6.45) is 2.37. The first-order valence-corrected chi connectivity index (χ1v) is 8.78. The maximum Gasteiger partial charge on any atom is 0.127 e. The lowest BCUT2D eigenvalue weighted by molar-refractivity contribution is -0.0766. The van der Waals surface area contributed by atoms with Crippen molar-refractivity contribution in [2.24, 2.45) is 0 Å². The van der Waals surface area contributed by atoms with Crippen molar-refractivity contribution in [1.82, 2.24) is 0 Å². The summed E-state index contributed by atoms with van der Waals surface area (Å²) in [5.41, 5.74) is 2.58. The molecule has 118 valence electrons. The number of rotatable bonds is 5. The van der Waals surface area contributed by atoms with Crippen LogP contribution in [0.25, 0.3) is 0 Å². The molecule has 1 aromatic rings. The summed E-state index contributed by atoms with van der Waals surface area (Å²) in [5.74, 6) is 1.01. The highest BCUT2D eigenvalue weighted by atomic mass is 79.9. The zero-order valence-corrected chi connectivity index (χ0v) is 15.4. The minimum atomic E-state index is 0.0837. The van der Waals surface area contributed by atoms with E-state index in [2.05, 4.69) is 68.7 Å². The van der Waals surface area contributed by atoms with Crippen LogP contribution < -0.4 is 4.74 Å². The second-order valence-corrected chi connectivity index (χ2v) is 8.17. The number of halogens is 1. The van der Waals surface area contributed by atoms with Crippen LogP contribution in [0.5, 0.6) is 5.75 Å². The fourth-order valence-electron chi connectivity index (χ4n) is 2.62. The highest BCUT2D eigenvalue weighted by molar-refractivity contribution is 9.09. The Morgan fingerprint density at radius 2 is 2.00 bits per heavy atom. The molecule has 3 atom stereocenters. The molecule has 3 unspecified atom stereocenters. The molecule has 0 radical (unpaired) electrons. The molecule has 0 amide bonds. The number of benzene rings is 1. The Morgan fingerprint density at radius 1 is 1.29 bits per heavy atom. The molecule has 2 rings (SSSR count). The first-order chi connectivity index (χ1) is 9.82. The lowest BCUT2D eigenvalue weighted by atomic mass is 9.85. The van der Waals surface area contributed by atoms with Crippen LogP contribution in [0.4, 0.5) is 0 Å². The third-order valence-corrected chi connectivity index (χ3v) is 4.81. The molecule has 1 fully saturated rings. The summed E-state index contributed by atoms with van der Waals surface area (Å²) in [6, 6.07) is 6.50. The molecule has 1 saturated carbocycles. The van der Waals surface area contributed by atoms with E-state index in [0.717, 1.165) is 25.2 Å². The number of alkyl halides is 1. The fraction of sp³-hybridized carbons (Fsp3) is 0.667. The predicted octanol–water partition coefficient (Wildman–Crippen LogP) is 5.00. The molecule has 0 aliphatic heterocycles. The quantitative estimate of drug-likeness (QED) is 0.692. The molecule has 0 N–H and O–H groups in total. The SMILES string of the molecule is CCCOC1C(Br)CC1Oc1cc(C)ccc1C(C)(C)C. The van der Waals surface area contributed by atoms with Gasteiger partial charge in [0.1, 0.15) is 18.0 Å². The number of ether oxygens (including phenoxy) is 2. The molecule has 2 nitrogen and oxygen atoms in total. The Balaban J connectivity index is 2.14. The molecule has 0 bridgehead atoms. The van der Waals surface area contributed by atoms with Crippen molar-refractivity contribution in [3.8, 4) is 5.75 Å². The molecule has 0 saturated heterocycles. The maximum absolute atomic E-state index is 6.31. The molecular formula is C18H27BrO2. The van der Waals surface area contributed by atoms with Crippen LogP contribution in [0.2, 0.25) is 0 Å². The second-order valence-electron chi connectivity index (χ2n) is 6.99. The fourth-order valence-corrected chi connectivity index (χ4v) is 3.48. The number of aryl methyl sites for hydroxylation is 1. The third kappa shape index (κ3) is 4.01. The topological polar surface area (TPSA) is 18.5 Å². The van der Waals surface area contributed by atoms with Gasteiger partial charge in [0.2, 0.25) is 0 Å². The van der Waals surface area contributed by atoms with Gasteiger partial charge in [-0.1, -0.05) is 55.8 Å². The van der Waals surface area contributed by atoms with Gasteiger partial charge in [-0.15, -0.1) is 0 Å². The minimum Gasteiger partial charge on any atom is -0.487 e. The number of hydrogen-bond acceptors (Lipinski definition) is 2. The van der Waals surface area contributed by atoms with E-state index in [9.17, 15) is 0 Å². The van der Waals surface area contributed by atoms with Gasteiger partial charge in [-0.3, -0.25) is 0 Å². The van der Waals surface area contributed by atoms with Gasteiger partial charge in [0.15, 0.2) is 0 Å². The summed E-state index contributed by atoms with van der Waals surface area (Å²) in [7, 11) is 0. The average Bonchev–Trinajstić information content (AvgIpc) is 2.37. The van der Waals surface area contributed by atoms with Crippen molar-refractivity contribution in [3.63, 3.8) is 0 Å². The van der Waals surface area contributed by atoms with Gasteiger partial charge in [-0.25, -0.2) is 0 Å². The van der Waals surface area contributed by atoms with E-state index < -0.39 is 0 Å². The summed E-state index contributed by atoms with van der Waals surface area (Å²) >= 11 is 3.68. The highest BCUT2D eigenvalue weighted by Crippen LogP contribution is 2.38. The summed E-state index contributed by atoms with van der Waals surface area (Å²) in [5, 5.41) is 0. The van der Waals surface area contributed by atoms with Gasteiger partial charge in [-0.2, -0.15) is 0 Å². The van der Waals surface area contributed by atoms with Crippen molar-refractivity contribution < 1.29 is 9.47 Å². The average molecular weight is 355 g/mol. The van der Waals surface area contributed by atoms with Crippen LogP contribution in [0.15, 0.2) is 18.2 Å². The zero-order valence-electron chi connectivity index (χ0n) is 13.8. The molecule has 0 spiro atoms. The molecule has 1 aliphatic rings. The van der Waals surface area contributed by atoms with Gasteiger partial charge < -0.3 is 9.47 Å². The van der Waals surface area contributed by atoms with E-state index in [4.69, 9.17) is 9.47 Å². The van der Waals surface area contributed by atoms with Crippen molar-refractivity contribution >= 4 is 15.9 Å². The first-order valence-electron chi connectivity index (χ1n) is 7.86. The smallest absolute Gasteiger partial charge is 0.127 e. The lowest BCUT2D eigenvalue weighted by Crippen LogP contribution is -2.52. The molecular weight excluding hydrogens is 328 g/mol. The molecule has 0 heterocycles. The van der Waals surface area contributed by atoms with Gasteiger partial charge in [0, 0.05) is 17.9 Å². The summed E-state index contributed by atoms with van der Waals surface area (Å²) < 4.78 is 12.2. The van der Waals surface area contributed by atoms with Crippen LogP contribution in [0.1, 0.15) is 51.7 Å².